The third-order valence-electron chi connectivity index (χ3n) is 2.00. The molecule has 5 heteroatoms. The lowest BCUT2D eigenvalue weighted by atomic mass is 10.2. The van der Waals surface area contributed by atoms with Crippen molar-refractivity contribution in [2.45, 2.75) is 39.7 Å². The van der Waals surface area contributed by atoms with E-state index in [9.17, 15) is 4.79 Å². The second kappa shape index (κ2) is 6.27. The first-order chi connectivity index (χ1) is 7.69. The second-order valence-electron chi connectivity index (χ2n) is 3.49. The molecular weight excluding hydrogens is 210 g/mol. The van der Waals surface area contributed by atoms with Gasteiger partial charge in [-0.1, -0.05) is 20.3 Å². The molecule has 0 aliphatic carbocycles. The van der Waals surface area contributed by atoms with E-state index in [0.717, 1.165) is 12.8 Å². The van der Waals surface area contributed by atoms with Crippen LogP contribution in [0.4, 0.5) is 0 Å². The number of carboxylic acid groups (broad SMARTS) is 1. The standard InChI is InChI=1S/C11H17NO4/c1-3-5-8-10(11(13)14)16-9(12-8)7-15-6-4-2/h3-7H2,1-2H3,(H,13,14). The number of aromatic carboxylic acids is 1. The summed E-state index contributed by atoms with van der Waals surface area (Å²) < 4.78 is 10.4. The van der Waals surface area contributed by atoms with Gasteiger partial charge in [-0.05, 0) is 12.8 Å². The van der Waals surface area contributed by atoms with Crippen LogP contribution in [0, 0.1) is 0 Å². The third-order valence-corrected chi connectivity index (χ3v) is 2.00. The van der Waals surface area contributed by atoms with Gasteiger partial charge >= 0.3 is 5.97 Å². The molecule has 1 aromatic heterocycles. The number of nitrogens with zero attached hydrogens (tertiary/aromatic N) is 1. The summed E-state index contributed by atoms with van der Waals surface area (Å²) >= 11 is 0. The molecule has 5 nitrogen and oxygen atoms in total. The number of ether oxygens (including phenoxy) is 1. The number of aromatic nitrogens is 1. The Balaban J connectivity index is 2.72. The van der Waals surface area contributed by atoms with E-state index in [0.29, 0.717) is 24.6 Å². The number of hydrogen-bond acceptors (Lipinski definition) is 4. The van der Waals surface area contributed by atoms with Crippen LogP contribution in [0.1, 0.15) is 48.8 Å². The molecule has 0 unspecified atom stereocenters. The molecule has 1 aromatic rings. The zero-order valence-electron chi connectivity index (χ0n) is 9.65. The van der Waals surface area contributed by atoms with Crippen LogP contribution in [-0.2, 0) is 17.8 Å². The van der Waals surface area contributed by atoms with E-state index in [4.69, 9.17) is 14.3 Å². The normalized spacial score (nSPS) is 10.6. The van der Waals surface area contributed by atoms with Crippen molar-refractivity contribution in [2.24, 2.45) is 0 Å². The van der Waals surface area contributed by atoms with E-state index in [2.05, 4.69) is 4.98 Å². The predicted octanol–water partition coefficient (Wildman–Crippen LogP) is 2.25. The largest absolute Gasteiger partial charge is 0.475 e. The fourth-order valence-electron chi connectivity index (χ4n) is 1.34. The van der Waals surface area contributed by atoms with Gasteiger partial charge < -0.3 is 14.3 Å². The van der Waals surface area contributed by atoms with Crippen LogP contribution in [0.3, 0.4) is 0 Å². The predicted molar refractivity (Wildman–Crippen MR) is 57.4 cm³/mol. The molecular formula is C11H17NO4. The van der Waals surface area contributed by atoms with E-state index in [1.165, 1.54) is 0 Å². The minimum absolute atomic E-state index is 0.0584. The Morgan fingerprint density at radius 3 is 2.75 bits per heavy atom. The molecule has 0 bridgehead atoms. The first-order valence-corrected chi connectivity index (χ1v) is 5.48. The van der Waals surface area contributed by atoms with E-state index in [1.54, 1.807) is 0 Å². The van der Waals surface area contributed by atoms with E-state index < -0.39 is 5.97 Å². The molecule has 0 saturated carbocycles. The summed E-state index contributed by atoms with van der Waals surface area (Å²) in [7, 11) is 0. The molecule has 90 valence electrons. The molecule has 0 radical (unpaired) electrons. The number of carbonyl (C=O) groups is 1. The highest BCUT2D eigenvalue weighted by molar-refractivity contribution is 5.85. The number of oxazole rings is 1. The maximum atomic E-state index is 10.9. The molecule has 0 atom stereocenters. The lowest BCUT2D eigenvalue weighted by Gasteiger charge is -1.96. The number of carboxylic acids is 1. The molecule has 0 amide bonds. The molecule has 16 heavy (non-hydrogen) atoms. The van der Waals surface area contributed by atoms with Gasteiger partial charge in [-0.3, -0.25) is 0 Å². The molecule has 0 aliphatic rings. The molecule has 0 aliphatic heterocycles. The van der Waals surface area contributed by atoms with Gasteiger partial charge in [0.1, 0.15) is 6.61 Å². The van der Waals surface area contributed by atoms with Crippen molar-refractivity contribution in [3.05, 3.63) is 17.3 Å². The monoisotopic (exact) mass is 227 g/mol. The van der Waals surface area contributed by atoms with Gasteiger partial charge in [0.05, 0.1) is 5.69 Å². The van der Waals surface area contributed by atoms with Crippen LogP contribution in [0.25, 0.3) is 0 Å². The topological polar surface area (TPSA) is 72.6 Å². The maximum absolute atomic E-state index is 10.9. The molecule has 0 fully saturated rings. The summed E-state index contributed by atoms with van der Waals surface area (Å²) in [4.78, 5) is 15.0. The van der Waals surface area contributed by atoms with E-state index >= 15 is 0 Å². The average Bonchev–Trinajstić information content (AvgIpc) is 2.62. The van der Waals surface area contributed by atoms with Gasteiger partial charge in [-0.25, -0.2) is 9.78 Å². The fourth-order valence-corrected chi connectivity index (χ4v) is 1.34. The van der Waals surface area contributed by atoms with Crippen molar-refractivity contribution in [3.8, 4) is 0 Å². The highest BCUT2D eigenvalue weighted by Gasteiger charge is 2.18. The Bertz CT molecular complexity index is 346. The van der Waals surface area contributed by atoms with Crippen LogP contribution in [0.2, 0.25) is 0 Å². The van der Waals surface area contributed by atoms with Crippen molar-refractivity contribution in [1.29, 1.82) is 0 Å². The Hall–Kier alpha value is -1.36. The van der Waals surface area contributed by atoms with Gasteiger partial charge in [-0.2, -0.15) is 0 Å². The van der Waals surface area contributed by atoms with Crippen molar-refractivity contribution in [2.75, 3.05) is 6.61 Å². The summed E-state index contributed by atoms with van der Waals surface area (Å²) in [6.07, 6.45) is 2.36. The number of rotatable bonds is 7. The van der Waals surface area contributed by atoms with Crippen LogP contribution in [0.15, 0.2) is 4.42 Å². The third kappa shape index (κ3) is 3.34. The van der Waals surface area contributed by atoms with Crippen molar-refractivity contribution in [3.63, 3.8) is 0 Å². The van der Waals surface area contributed by atoms with Gasteiger partial charge in [-0.15, -0.1) is 0 Å². The van der Waals surface area contributed by atoms with Gasteiger partial charge in [0.15, 0.2) is 0 Å². The summed E-state index contributed by atoms with van der Waals surface area (Å²) in [6, 6.07) is 0. The quantitative estimate of drug-likeness (QED) is 0.723. The lowest BCUT2D eigenvalue weighted by molar-refractivity contribution is 0.0644. The van der Waals surface area contributed by atoms with Gasteiger partial charge in [0.25, 0.3) is 0 Å². The highest BCUT2D eigenvalue weighted by atomic mass is 16.5. The Kier molecular flexibility index (Phi) is 4.98. The van der Waals surface area contributed by atoms with Gasteiger partial charge in [0, 0.05) is 6.61 Å². The molecule has 1 N–H and O–H groups in total. The lowest BCUT2D eigenvalue weighted by Crippen LogP contribution is -1.99. The second-order valence-corrected chi connectivity index (χ2v) is 3.49. The van der Waals surface area contributed by atoms with Crippen molar-refractivity contribution < 1.29 is 19.1 Å². The van der Waals surface area contributed by atoms with Crippen LogP contribution in [-0.4, -0.2) is 22.7 Å². The summed E-state index contributed by atoms with van der Waals surface area (Å²) in [5.74, 6) is -0.788. The fraction of sp³-hybridized carbons (Fsp3) is 0.636. The molecule has 0 saturated heterocycles. The molecule has 0 spiro atoms. The van der Waals surface area contributed by atoms with Gasteiger partial charge in [0.2, 0.25) is 11.7 Å². The zero-order valence-corrected chi connectivity index (χ0v) is 9.65. The van der Waals surface area contributed by atoms with E-state index in [-0.39, 0.29) is 12.4 Å². The SMILES string of the molecule is CCCOCc1nc(CCC)c(C(=O)O)o1. The maximum Gasteiger partial charge on any atom is 0.373 e. The van der Waals surface area contributed by atoms with Crippen LogP contribution < -0.4 is 0 Å². The highest BCUT2D eigenvalue weighted by Crippen LogP contribution is 2.14. The Morgan fingerprint density at radius 2 is 2.19 bits per heavy atom. The first kappa shape index (κ1) is 12.7. The minimum atomic E-state index is -1.07. The average molecular weight is 227 g/mol. The summed E-state index contributed by atoms with van der Waals surface area (Å²) in [5.41, 5.74) is 0.505. The summed E-state index contributed by atoms with van der Waals surface area (Å²) in [5, 5.41) is 8.90. The minimum Gasteiger partial charge on any atom is -0.475 e. The first-order valence-electron chi connectivity index (χ1n) is 5.48. The smallest absolute Gasteiger partial charge is 0.373 e. The number of aryl methyl sites for hydroxylation is 1. The van der Waals surface area contributed by atoms with Crippen molar-refractivity contribution in [1.82, 2.24) is 4.98 Å². The van der Waals surface area contributed by atoms with Crippen LogP contribution in [0.5, 0.6) is 0 Å². The molecule has 0 aromatic carbocycles. The summed E-state index contributed by atoms with van der Waals surface area (Å²) in [6.45, 7) is 4.82. The molecule has 1 heterocycles. The number of hydrogen-bond donors (Lipinski definition) is 1. The molecule has 1 rings (SSSR count). The van der Waals surface area contributed by atoms with Crippen LogP contribution >= 0.6 is 0 Å². The Labute approximate surface area is 94.4 Å². The zero-order chi connectivity index (χ0) is 12.0. The Morgan fingerprint density at radius 1 is 1.44 bits per heavy atom. The van der Waals surface area contributed by atoms with E-state index in [1.807, 2.05) is 13.8 Å². The van der Waals surface area contributed by atoms with Crippen molar-refractivity contribution >= 4 is 5.97 Å².